The number of hydrogen-bond donors (Lipinski definition) is 0. The van der Waals surface area contributed by atoms with Gasteiger partial charge in [-0.1, -0.05) is 360 Å². The third-order valence-electron chi connectivity index (χ3n) is 24.7. The van der Waals surface area contributed by atoms with Crippen LogP contribution < -0.4 is 28.7 Å². The van der Waals surface area contributed by atoms with E-state index >= 15 is 0 Å². The van der Waals surface area contributed by atoms with E-state index < -0.39 is 23.9 Å². The number of esters is 4. The Labute approximate surface area is 687 Å². The van der Waals surface area contributed by atoms with Crippen LogP contribution in [0, 0.1) is 0 Å². The van der Waals surface area contributed by atoms with E-state index in [1.54, 1.807) is 0 Å². The number of nitrogens with zero attached hydrogens (tertiary/aromatic N) is 2. The zero-order chi connectivity index (χ0) is 79.8. The second kappa shape index (κ2) is 66.3. The van der Waals surface area contributed by atoms with Crippen molar-refractivity contribution in [1.82, 2.24) is 0 Å². The zero-order valence-corrected chi connectivity index (χ0v) is 73.3. The van der Waals surface area contributed by atoms with Crippen LogP contribution in [-0.2, 0) is 54.5 Å². The van der Waals surface area contributed by atoms with Crippen LogP contribution in [0.2, 0.25) is 0 Å². The molecule has 0 saturated carbocycles. The molecule has 2 aromatic rings. The normalized spacial score (nSPS) is 20.9. The molecule has 0 spiro atoms. The van der Waals surface area contributed by atoms with Gasteiger partial charge in [-0.3, -0.25) is 28.8 Å². The lowest BCUT2D eigenvalue weighted by Crippen LogP contribution is -2.30. The minimum Gasteiger partial charge on any atom is -0.423 e. The van der Waals surface area contributed by atoms with E-state index in [4.69, 9.17) is 18.9 Å². The van der Waals surface area contributed by atoms with E-state index in [1.807, 2.05) is 12.1 Å². The predicted molar refractivity (Wildman–Crippen MR) is 471 cm³/mol. The van der Waals surface area contributed by atoms with Gasteiger partial charge < -0.3 is 28.7 Å². The fourth-order valence-electron chi connectivity index (χ4n) is 18.3. The molecule has 12 nitrogen and oxygen atoms in total. The molecule has 5 rings (SSSR count). The smallest absolute Gasteiger partial charge is 0.308 e. The van der Waals surface area contributed by atoms with E-state index in [0.717, 1.165) is 227 Å². The number of rotatable bonds is 6. The van der Waals surface area contributed by atoms with Gasteiger partial charge in [-0.25, -0.2) is 0 Å². The van der Waals surface area contributed by atoms with Crippen molar-refractivity contribution in [3.05, 3.63) is 34.4 Å². The highest BCUT2D eigenvalue weighted by atomic mass is 16.6. The van der Waals surface area contributed by atoms with E-state index in [1.165, 1.54) is 310 Å². The summed E-state index contributed by atoms with van der Waals surface area (Å²) in [5, 5.41) is 0. The molecular formula is C100H170N2O10. The first kappa shape index (κ1) is 97.8. The van der Waals surface area contributed by atoms with Gasteiger partial charge >= 0.3 is 23.9 Å². The van der Waals surface area contributed by atoms with Crippen molar-refractivity contribution in [2.75, 3.05) is 36.0 Å². The number of fused-ring (bicyclic) bond motifs is 4. The summed E-state index contributed by atoms with van der Waals surface area (Å²) in [5.74, 6) is 0.475. The number of benzene rings is 2. The van der Waals surface area contributed by atoms with Gasteiger partial charge in [0, 0.05) is 102 Å². The van der Waals surface area contributed by atoms with E-state index in [9.17, 15) is 28.8 Å². The maximum atomic E-state index is 13.7. The molecule has 3 aliphatic rings. The Morgan fingerprint density at radius 3 is 0.554 bits per heavy atom. The van der Waals surface area contributed by atoms with Crippen molar-refractivity contribution in [2.45, 2.75) is 503 Å². The Hall–Kier alpha value is -4.74. The highest BCUT2D eigenvalue weighted by molar-refractivity contribution is 5.81. The number of anilines is 2. The van der Waals surface area contributed by atoms with Gasteiger partial charge in [-0.2, -0.15) is 0 Å². The lowest BCUT2D eigenvalue weighted by molar-refractivity contribution is -0.134. The van der Waals surface area contributed by atoms with Crippen molar-refractivity contribution in [3.8, 4) is 23.0 Å². The van der Waals surface area contributed by atoms with E-state index in [-0.39, 0.29) is 0 Å². The minimum atomic E-state index is -0.461. The number of ether oxygens (including phenoxy) is 4. The summed E-state index contributed by atoms with van der Waals surface area (Å²) in [5.41, 5.74) is 6.27. The van der Waals surface area contributed by atoms with Crippen LogP contribution in [0.5, 0.6) is 23.0 Å². The van der Waals surface area contributed by atoms with Crippen molar-refractivity contribution in [2.24, 2.45) is 0 Å². The molecule has 12 heteroatoms. The number of carbonyl (C=O) groups is 6. The van der Waals surface area contributed by atoms with Crippen LogP contribution in [0.1, 0.15) is 499 Å². The molecule has 1 aliphatic carbocycles. The average Bonchev–Trinajstić information content (AvgIpc) is 0.772. The van der Waals surface area contributed by atoms with E-state index in [2.05, 4.69) is 9.80 Å². The number of carbonyl (C=O) groups excluding carboxylic acids is 6. The molecule has 0 unspecified atom stereocenters. The van der Waals surface area contributed by atoms with Gasteiger partial charge in [0.25, 0.3) is 0 Å². The minimum absolute atomic E-state index is 0.294. The first-order chi connectivity index (χ1) is 54.9. The van der Waals surface area contributed by atoms with Gasteiger partial charge in [0.1, 0.15) is 11.6 Å². The molecule has 640 valence electrons. The molecule has 0 atom stereocenters. The predicted octanol–water partition coefficient (Wildman–Crippen LogP) is 29.4. The Morgan fingerprint density at radius 2 is 0.375 bits per heavy atom. The molecule has 0 radical (unpaired) electrons. The van der Waals surface area contributed by atoms with Crippen LogP contribution in [0.15, 0.2) is 12.1 Å². The Balaban J connectivity index is 1.67. The molecule has 2 fully saturated rings. The van der Waals surface area contributed by atoms with Gasteiger partial charge in [0.15, 0.2) is 23.0 Å². The van der Waals surface area contributed by atoms with Crippen LogP contribution in [0.25, 0.3) is 0 Å². The number of aryl methyl sites for hydroxylation is 2. The topological polar surface area (TPSA) is 146 Å². The highest BCUT2D eigenvalue weighted by Gasteiger charge is 2.30. The molecule has 0 N–H and O–H groups in total. The van der Waals surface area contributed by atoms with Crippen LogP contribution >= 0.6 is 0 Å². The Morgan fingerprint density at radius 1 is 0.214 bits per heavy atom. The maximum Gasteiger partial charge on any atom is 0.308 e. The number of hydrogen-bond acceptors (Lipinski definition) is 12. The number of ketones is 2. The summed E-state index contributed by atoms with van der Waals surface area (Å²) in [6.45, 7) is 9.26. The quantitative estimate of drug-likeness (QED) is 0.200. The SMILES string of the molecule is CC(=O)Oc1cc2c(N3CCCCCCCCCCCCC(=O)CCCCCCCCCCCC3)c(c1OC(C)=O)CCCCCCCCCCCCCCCCCCCCCCCCCCCCc1c(OC(C)=O)c(OC(C)=O)cc(c1N1CCCCCCCCCCCCC(=O)CCCCCCCCCCCC1)CC2. The van der Waals surface area contributed by atoms with E-state index in [0.29, 0.717) is 60.2 Å². The van der Waals surface area contributed by atoms with Crippen molar-refractivity contribution >= 4 is 46.8 Å². The van der Waals surface area contributed by atoms with Crippen LogP contribution in [0.4, 0.5) is 11.4 Å². The maximum absolute atomic E-state index is 13.7. The number of Topliss-reactive ketones (excluding diaryl/α,β-unsaturated/α-hetero) is 2. The standard InChI is InChI=1S/C100H170N2O10/c1-85(103)109-95-83-89-77-78-90-84-96(110-86(2)104)100(112-88(4)106)94(98(90)102-81-69-59-49-39-29-25-33-43-53-63-73-92(108)74-64-54-44-34-26-30-40-50-60-70-82-102)76-66-56-46-36-22-20-18-16-14-12-10-8-6-5-7-9-11-13-15-17-19-21-35-45-55-65-75-93(99(95)111-87(3)105)97(89)101-79-67-57-47-37-27-23-31-41-51-61-71-91(107)72-62-52-42-32-24-28-38-48-58-68-80-101/h83-84H,5-82H2,1-4H3. The lowest BCUT2D eigenvalue weighted by atomic mass is 9.91. The Kier molecular flexibility index (Phi) is 57.9. The molecule has 0 amide bonds. The van der Waals surface area contributed by atoms with Crippen LogP contribution in [0.3, 0.4) is 0 Å². The first-order valence-corrected chi connectivity index (χ1v) is 48.6. The summed E-state index contributed by atoms with van der Waals surface area (Å²) < 4.78 is 25.6. The molecule has 0 aromatic heterocycles. The summed E-state index contributed by atoms with van der Waals surface area (Å²) >= 11 is 0. The Bertz CT molecular complexity index is 2550. The molecule has 2 saturated heterocycles. The monoisotopic (exact) mass is 1560 g/mol. The third kappa shape index (κ3) is 47.5. The largest absolute Gasteiger partial charge is 0.423 e. The summed E-state index contributed by atoms with van der Waals surface area (Å²) in [7, 11) is 0. The zero-order valence-electron chi connectivity index (χ0n) is 73.3. The fourth-order valence-corrected chi connectivity index (χ4v) is 18.3. The lowest BCUT2D eigenvalue weighted by Gasteiger charge is -2.33. The average molecular weight is 1560 g/mol. The first-order valence-electron chi connectivity index (χ1n) is 48.6. The third-order valence-corrected chi connectivity index (χ3v) is 24.7. The molecule has 4 bridgehead atoms. The van der Waals surface area contributed by atoms with Gasteiger partial charge in [-0.15, -0.1) is 0 Å². The molecule has 112 heavy (non-hydrogen) atoms. The molecule has 2 aliphatic heterocycles. The summed E-state index contributed by atoms with van der Waals surface area (Å²) in [6, 6.07) is 4.09. The second-order valence-electron chi connectivity index (χ2n) is 35.1. The van der Waals surface area contributed by atoms with Gasteiger partial charge in [0.05, 0.1) is 0 Å². The van der Waals surface area contributed by atoms with Crippen molar-refractivity contribution in [1.29, 1.82) is 0 Å². The molecule has 2 heterocycles. The van der Waals surface area contributed by atoms with Crippen molar-refractivity contribution < 1.29 is 47.7 Å². The second-order valence-corrected chi connectivity index (χ2v) is 35.1. The molecule has 2 aromatic carbocycles. The van der Waals surface area contributed by atoms with Gasteiger partial charge in [-0.05, 0) is 113 Å². The summed E-state index contributed by atoms with van der Waals surface area (Å²) in [4.78, 5) is 85.2. The fraction of sp³-hybridized carbons (Fsp3) is 0.820. The summed E-state index contributed by atoms with van der Waals surface area (Å²) in [6.07, 6.45) is 84.8. The van der Waals surface area contributed by atoms with Crippen LogP contribution in [-0.4, -0.2) is 61.6 Å². The van der Waals surface area contributed by atoms with Gasteiger partial charge in [0.2, 0.25) is 0 Å². The molecular weight excluding hydrogens is 1390 g/mol. The highest BCUT2D eigenvalue weighted by Crippen LogP contribution is 2.47. The van der Waals surface area contributed by atoms with Crippen molar-refractivity contribution in [3.63, 3.8) is 0 Å².